The summed E-state index contributed by atoms with van der Waals surface area (Å²) in [5.41, 5.74) is 2.19. The predicted octanol–water partition coefficient (Wildman–Crippen LogP) is 3.35. The van der Waals surface area contributed by atoms with Crippen LogP contribution >= 0.6 is 24.0 Å². The lowest BCUT2D eigenvalue weighted by Gasteiger charge is -2.17. The average Bonchev–Trinajstić information content (AvgIpc) is 3.20. The van der Waals surface area contributed by atoms with Crippen LogP contribution in [0.4, 0.5) is 5.69 Å². The second kappa shape index (κ2) is 8.01. The van der Waals surface area contributed by atoms with Crippen LogP contribution in [0.2, 0.25) is 0 Å². The fourth-order valence-corrected chi connectivity index (χ4v) is 4.30. The smallest absolute Gasteiger partial charge is 0.303 e. The maximum absolute atomic E-state index is 12.5. The SMILES string of the molecule is O=C(O)CCCN1C(=O)/C(=C/c2ccc(N3CCCC3)cc2)SC1=S. The van der Waals surface area contributed by atoms with E-state index in [9.17, 15) is 9.59 Å². The normalized spacial score (nSPS) is 19.3. The number of thioether (sulfide) groups is 1. The lowest BCUT2D eigenvalue weighted by Crippen LogP contribution is -2.29. The maximum Gasteiger partial charge on any atom is 0.303 e. The fourth-order valence-electron chi connectivity index (χ4n) is 2.99. The van der Waals surface area contributed by atoms with Crippen LogP contribution in [-0.4, -0.2) is 45.8 Å². The third-order valence-electron chi connectivity index (χ3n) is 4.31. The zero-order valence-corrected chi connectivity index (χ0v) is 15.4. The number of aliphatic carboxylic acids is 1. The molecule has 7 heteroatoms. The van der Waals surface area contributed by atoms with Gasteiger partial charge in [-0.2, -0.15) is 0 Å². The minimum Gasteiger partial charge on any atom is -0.481 e. The van der Waals surface area contributed by atoms with Gasteiger partial charge < -0.3 is 10.0 Å². The lowest BCUT2D eigenvalue weighted by atomic mass is 10.2. The van der Waals surface area contributed by atoms with Gasteiger partial charge in [-0.25, -0.2) is 0 Å². The number of carboxylic acids is 1. The highest BCUT2D eigenvalue weighted by molar-refractivity contribution is 8.26. The van der Waals surface area contributed by atoms with Gasteiger partial charge in [0.15, 0.2) is 0 Å². The topological polar surface area (TPSA) is 60.9 Å². The molecule has 1 amide bonds. The quantitative estimate of drug-likeness (QED) is 0.607. The van der Waals surface area contributed by atoms with Crippen molar-refractivity contribution in [2.24, 2.45) is 0 Å². The minimum atomic E-state index is -0.862. The maximum atomic E-state index is 12.5. The fraction of sp³-hybridized carbons (Fsp3) is 0.389. The van der Waals surface area contributed by atoms with Crippen LogP contribution in [0.1, 0.15) is 31.2 Å². The molecular weight excluding hydrogens is 356 g/mol. The molecule has 3 rings (SSSR count). The van der Waals surface area contributed by atoms with E-state index in [-0.39, 0.29) is 12.3 Å². The van der Waals surface area contributed by atoms with Crippen LogP contribution in [0.5, 0.6) is 0 Å². The van der Waals surface area contributed by atoms with E-state index in [0.717, 1.165) is 18.7 Å². The first kappa shape index (κ1) is 17.9. The van der Waals surface area contributed by atoms with E-state index in [1.807, 2.05) is 18.2 Å². The third-order valence-corrected chi connectivity index (χ3v) is 5.69. The number of amides is 1. The molecule has 0 spiro atoms. The molecule has 0 aromatic heterocycles. The molecule has 2 aliphatic rings. The largest absolute Gasteiger partial charge is 0.481 e. The molecule has 1 aromatic rings. The van der Waals surface area contributed by atoms with Crippen molar-refractivity contribution in [2.75, 3.05) is 24.5 Å². The minimum absolute atomic E-state index is 0.0358. The number of thiocarbonyl (C=S) groups is 1. The summed E-state index contributed by atoms with van der Waals surface area (Å²) in [5.74, 6) is -0.997. The molecule has 0 saturated carbocycles. The molecule has 0 atom stereocenters. The van der Waals surface area contributed by atoms with Gasteiger partial charge in [-0.05, 0) is 43.0 Å². The van der Waals surface area contributed by atoms with Gasteiger partial charge in [0.25, 0.3) is 5.91 Å². The first-order valence-corrected chi connectivity index (χ1v) is 9.59. The van der Waals surface area contributed by atoms with Gasteiger partial charge in [0.1, 0.15) is 4.32 Å². The highest BCUT2D eigenvalue weighted by atomic mass is 32.2. The van der Waals surface area contributed by atoms with Crippen molar-refractivity contribution < 1.29 is 14.7 Å². The summed E-state index contributed by atoms with van der Waals surface area (Å²) < 4.78 is 0.496. The van der Waals surface area contributed by atoms with E-state index >= 15 is 0 Å². The van der Waals surface area contributed by atoms with Crippen LogP contribution in [0.25, 0.3) is 6.08 Å². The molecule has 0 unspecified atom stereocenters. The average molecular weight is 377 g/mol. The molecule has 2 aliphatic heterocycles. The number of nitrogens with zero attached hydrogens (tertiary/aromatic N) is 2. The highest BCUT2D eigenvalue weighted by Crippen LogP contribution is 2.33. The molecule has 1 aromatic carbocycles. The molecule has 2 heterocycles. The highest BCUT2D eigenvalue weighted by Gasteiger charge is 2.31. The van der Waals surface area contributed by atoms with Crippen LogP contribution in [0.15, 0.2) is 29.2 Å². The summed E-state index contributed by atoms with van der Waals surface area (Å²) >= 11 is 6.53. The number of hydrogen-bond donors (Lipinski definition) is 1. The van der Waals surface area contributed by atoms with Crippen LogP contribution in [-0.2, 0) is 9.59 Å². The zero-order chi connectivity index (χ0) is 17.8. The summed E-state index contributed by atoms with van der Waals surface area (Å²) in [5, 5.41) is 8.71. The van der Waals surface area contributed by atoms with E-state index in [1.54, 1.807) is 0 Å². The summed E-state index contributed by atoms with van der Waals surface area (Å²) in [4.78, 5) is 27.5. The second-order valence-electron chi connectivity index (χ2n) is 6.12. The Hall–Kier alpha value is -1.86. The third kappa shape index (κ3) is 4.41. The zero-order valence-electron chi connectivity index (χ0n) is 13.8. The van der Waals surface area contributed by atoms with Gasteiger partial charge in [-0.3, -0.25) is 14.5 Å². The number of carboxylic acid groups (broad SMARTS) is 1. The Bertz CT molecular complexity index is 710. The van der Waals surface area contributed by atoms with Crippen molar-refractivity contribution in [1.82, 2.24) is 4.90 Å². The van der Waals surface area contributed by atoms with Gasteiger partial charge in [0.2, 0.25) is 0 Å². The Kier molecular flexibility index (Phi) is 5.75. The Morgan fingerprint density at radius 3 is 2.56 bits per heavy atom. The number of carbonyl (C=O) groups is 2. The van der Waals surface area contributed by atoms with Crippen molar-refractivity contribution in [3.05, 3.63) is 34.7 Å². The predicted molar refractivity (Wildman–Crippen MR) is 105 cm³/mol. The van der Waals surface area contributed by atoms with Crippen molar-refractivity contribution in [3.63, 3.8) is 0 Å². The van der Waals surface area contributed by atoms with Gasteiger partial charge >= 0.3 is 5.97 Å². The van der Waals surface area contributed by atoms with Crippen molar-refractivity contribution >= 4 is 51.9 Å². The standard InChI is InChI=1S/C18H20N2O3S2/c21-16(22)4-3-11-20-17(23)15(25-18(20)24)12-13-5-7-14(8-6-13)19-9-1-2-10-19/h5-8,12H,1-4,9-11H2,(H,21,22)/b15-12-. The first-order valence-electron chi connectivity index (χ1n) is 8.37. The molecular formula is C18H20N2O3S2. The Morgan fingerprint density at radius 1 is 1.24 bits per heavy atom. The van der Waals surface area contributed by atoms with Crippen molar-refractivity contribution in [1.29, 1.82) is 0 Å². The molecule has 1 N–H and O–H groups in total. The lowest BCUT2D eigenvalue weighted by molar-refractivity contribution is -0.137. The molecule has 25 heavy (non-hydrogen) atoms. The van der Waals surface area contributed by atoms with E-state index in [0.29, 0.717) is 22.2 Å². The van der Waals surface area contributed by atoms with Crippen molar-refractivity contribution in [2.45, 2.75) is 25.7 Å². The van der Waals surface area contributed by atoms with E-state index in [1.165, 1.54) is 35.2 Å². The molecule has 2 fully saturated rings. The molecule has 2 saturated heterocycles. The number of hydrogen-bond acceptors (Lipinski definition) is 5. The van der Waals surface area contributed by atoms with E-state index < -0.39 is 5.97 Å². The molecule has 0 radical (unpaired) electrons. The number of carbonyl (C=O) groups excluding carboxylic acids is 1. The summed E-state index contributed by atoms with van der Waals surface area (Å²) in [6, 6.07) is 8.21. The number of rotatable bonds is 6. The van der Waals surface area contributed by atoms with Gasteiger partial charge in [-0.1, -0.05) is 36.1 Å². The van der Waals surface area contributed by atoms with E-state index in [2.05, 4.69) is 17.0 Å². The van der Waals surface area contributed by atoms with E-state index in [4.69, 9.17) is 17.3 Å². The molecule has 0 bridgehead atoms. The molecule has 0 aliphatic carbocycles. The number of anilines is 1. The second-order valence-corrected chi connectivity index (χ2v) is 7.79. The Morgan fingerprint density at radius 2 is 1.92 bits per heavy atom. The Balaban J connectivity index is 1.65. The van der Waals surface area contributed by atoms with Crippen molar-refractivity contribution in [3.8, 4) is 0 Å². The summed E-state index contributed by atoms with van der Waals surface area (Å²) in [6.45, 7) is 2.56. The Labute approximate surface area is 156 Å². The van der Waals surface area contributed by atoms with Gasteiger partial charge in [0, 0.05) is 31.7 Å². The first-order chi connectivity index (χ1) is 12.0. The van der Waals surface area contributed by atoms with Gasteiger partial charge in [-0.15, -0.1) is 0 Å². The summed E-state index contributed by atoms with van der Waals surface area (Å²) in [6.07, 6.45) is 4.77. The molecule has 5 nitrogen and oxygen atoms in total. The number of benzene rings is 1. The monoisotopic (exact) mass is 376 g/mol. The van der Waals surface area contributed by atoms with Crippen LogP contribution in [0.3, 0.4) is 0 Å². The van der Waals surface area contributed by atoms with Gasteiger partial charge in [0.05, 0.1) is 4.91 Å². The van der Waals surface area contributed by atoms with Crippen LogP contribution in [0, 0.1) is 0 Å². The molecule has 132 valence electrons. The van der Waals surface area contributed by atoms with Crippen LogP contribution < -0.4 is 4.90 Å². The summed E-state index contributed by atoms with van der Waals surface area (Å²) in [7, 11) is 0.